The van der Waals surface area contributed by atoms with Crippen molar-refractivity contribution < 1.29 is 0 Å². The summed E-state index contributed by atoms with van der Waals surface area (Å²) >= 11 is 1.42. The fourth-order valence-corrected chi connectivity index (χ4v) is 2.02. The van der Waals surface area contributed by atoms with Gasteiger partial charge in [0.15, 0.2) is 0 Å². The zero-order valence-corrected chi connectivity index (χ0v) is 8.31. The van der Waals surface area contributed by atoms with Crippen molar-refractivity contribution in [2.45, 2.75) is 12.8 Å². The molecule has 0 aromatic carbocycles. The van der Waals surface area contributed by atoms with E-state index in [1.807, 2.05) is 0 Å². The Morgan fingerprint density at radius 1 is 1.69 bits per heavy atom. The van der Waals surface area contributed by atoms with Gasteiger partial charge in [0.2, 0.25) is 5.13 Å². The van der Waals surface area contributed by atoms with Gasteiger partial charge in [0.1, 0.15) is 6.33 Å². The fourth-order valence-electron chi connectivity index (χ4n) is 1.58. The quantitative estimate of drug-likeness (QED) is 0.759. The van der Waals surface area contributed by atoms with Gasteiger partial charge >= 0.3 is 0 Å². The van der Waals surface area contributed by atoms with E-state index in [0.717, 1.165) is 24.1 Å². The van der Waals surface area contributed by atoms with Crippen LogP contribution in [0.2, 0.25) is 0 Å². The molecule has 1 aromatic heterocycles. The highest BCUT2D eigenvalue weighted by Gasteiger charge is 2.12. The molecule has 0 spiro atoms. The van der Waals surface area contributed by atoms with E-state index in [-0.39, 0.29) is 0 Å². The monoisotopic (exact) mass is 198 g/mol. The number of hydrogen-bond acceptors (Lipinski definition) is 5. The topological polar surface area (TPSA) is 49.8 Å². The van der Waals surface area contributed by atoms with E-state index in [4.69, 9.17) is 0 Å². The van der Waals surface area contributed by atoms with Crippen molar-refractivity contribution in [1.82, 2.24) is 14.7 Å². The first-order valence-corrected chi connectivity index (χ1v) is 5.44. The molecule has 4 nitrogen and oxygen atoms in total. The van der Waals surface area contributed by atoms with Crippen LogP contribution in [0.25, 0.3) is 0 Å². The standard InChI is InChI=1S/C8H14N4S/c1-2-7(4-9-3-1)5-10-8-11-6-12-13-8/h6-7,9H,1-5H2,(H,10,11,12). The van der Waals surface area contributed by atoms with Crippen LogP contribution in [0.5, 0.6) is 0 Å². The van der Waals surface area contributed by atoms with Gasteiger partial charge in [-0.05, 0) is 31.8 Å². The molecule has 2 rings (SSSR count). The second-order valence-corrected chi connectivity index (χ2v) is 4.12. The minimum absolute atomic E-state index is 0.748. The Bertz CT molecular complexity index is 230. The van der Waals surface area contributed by atoms with Crippen LogP contribution in [0.4, 0.5) is 5.13 Å². The predicted molar refractivity (Wildman–Crippen MR) is 54.0 cm³/mol. The van der Waals surface area contributed by atoms with Gasteiger partial charge in [-0.2, -0.15) is 4.37 Å². The molecule has 1 aliphatic heterocycles. The van der Waals surface area contributed by atoms with Crippen molar-refractivity contribution in [3.8, 4) is 0 Å². The molecular formula is C8H14N4S. The number of piperidine rings is 1. The number of nitrogens with one attached hydrogen (secondary N) is 2. The molecule has 1 aromatic rings. The average Bonchev–Trinajstić information content (AvgIpc) is 2.69. The molecule has 13 heavy (non-hydrogen) atoms. The molecule has 1 fully saturated rings. The molecule has 0 aliphatic carbocycles. The van der Waals surface area contributed by atoms with Crippen molar-refractivity contribution >= 4 is 16.7 Å². The van der Waals surface area contributed by atoms with Gasteiger partial charge in [0, 0.05) is 18.1 Å². The third-order valence-electron chi connectivity index (χ3n) is 2.30. The van der Waals surface area contributed by atoms with Gasteiger partial charge in [-0.1, -0.05) is 0 Å². The van der Waals surface area contributed by atoms with Gasteiger partial charge in [-0.15, -0.1) is 0 Å². The number of nitrogens with zero attached hydrogens (tertiary/aromatic N) is 2. The third-order valence-corrected chi connectivity index (χ3v) is 2.92. The molecule has 0 radical (unpaired) electrons. The molecule has 0 saturated carbocycles. The minimum Gasteiger partial charge on any atom is -0.360 e. The Hall–Kier alpha value is -0.680. The highest BCUT2D eigenvalue weighted by Crippen LogP contribution is 2.12. The van der Waals surface area contributed by atoms with Crippen molar-refractivity contribution in [2.24, 2.45) is 5.92 Å². The third kappa shape index (κ3) is 2.63. The molecule has 72 valence electrons. The molecule has 1 unspecified atom stereocenters. The van der Waals surface area contributed by atoms with Crippen LogP contribution in [0, 0.1) is 5.92 Å². The van der Waals surface area contributed by atoms with Crippen molar-refractivity contribution in [1.29, 1.82) is 0 Å². The molecule has 2 N–H and O–H groups in total. The van der Waals surface area contributed by atoms with Crippen LogP contribution in [-0.2, 0) is 0 Å². The van der Waals surface area contributed by atoms with Gasteiger partial charge in [-0.25, -0.2) is 4.98 Å². The molecule has 0 amide bonds. The summed E-state index contributed by atoms with van der Waals surface area (Å²) in [5, 5.41) is 7.63. The second-order valence-electron chi connectivity index (χ2n) is 3.34. The van der Waals surface area contributed by atoms with E-state index in [1.165, 1.54) is 30.9 Å². The number of anilines is 1. The van der Waals surface area contributed by atoms with Crippen LogP contribution in [0.3, 0.4) is 0 Å². The average molecular weight is 198 g/mol. The maximum atomic E-state index is 4.08. The lowest BCUT2D eigenvalue weighted by molar-refractivity contribution is 0.393. The largest absolute Gasteiger partial charge is 0.360 e. The lowest BCUT2D eigenvalue weighted by Crippen LogP contribution is -2.33. The lowest BCUT2D eigenvalue weighted by Gasteiger charge is -2.22. The summed E-state index contributed by atoms with van der Waals surface area (Å²) < 4.78 is 3.94. The van der Waals surface area contributed by atoms with Crippen molar-refractivity contribution in [2.75, 3.05) is 25.0 Å². The summed E-state index contributed by atoms with van der Waals surface area (Å²) in [6.45, 7) is 3.32. The first kappa shape index (κ1) is 8.90. The summed E-state index contributed by atoms with van der Waals surface area (Å²) in [5.41, 5.74) is 0. The SMILES string of the molecule is c1nsc(NCC2CCCNC2)n1. The van der Waals surface area contributed by atoms with Crippen molar-refractivity contribution in [3.63, 3.8) is 0 Å². The van der Waals surface area contributed by atoms with E-state index < -0.39 is 0 Å². The smallest absolute Gasteiger partial charge is 0.202 e. The highest BCUT2D eigenvalue weighted by molar-refractivity contribution is 7.09. The van der Waals surface area contributed by atoms with Crippen LogP contribution < -0.4 is 10.6 Å². The van der Waals surface area contributed by atoms with E-state index in [1.54, 1.807) is 6.33 Å². The maximum Gasteiger partial charge on any atom is 0.202 e. The molecule has 5 heteroatoms. The summed E-state index contributed by atoms with van der Waals surface area (Å²) in [4.78, 5) is 4.08. The van der Waals surface area contributed by atoms with Crippen LogP contribution in [0.1, 0.15) is 12.8 Å². The number of rotatable bonds is 3. The zero-order valence-electron chi connectivity index (χ0n) is 7.49. The summed E-state index contributed by atoms with van der Waals surface area (Å²) in [7, 11) is 0. The van der Waals surface area contributed by atoms with Gasteiger partial charge < -0.3 is 10.6 Å². The Balaban J connectivity index is 1.72. The molecule has 1 saturated heterocycles. The van der Waals surface area contributed by atoms with E-state index in [2.05, 4.69) is 20.0 Å². The number of aromatic nitrogens is 2. The lowest BCUT2D eigenvalue weighted by atomic mass is 10.00. The zero-order chi connectivity index (χ0) is 8.93. The second kappa shape index (κ2) is 4.53. The summed E-state index contributed by atoms with van der Waals surface area (Å²) in [6.07, 6.45) is 4.20. The molecule has 1 atom stereocenters. The normalized spacial score (nSPS) is 22.9. The Labute approximate surface area is 81.9 Å². The summed E-state index contributed by atoms with van der Waals surface area (Å²) in [6, 6.07) is 0. The highest BCUT2D eigenvalue weighted by atomic mass is 32.1. The van der Waals surface area contributed by atoms with E-state index >= 15 is 0 Å². The summed E-state index contributed by atoms with van der Waals surface area (Å²) in [5.74, 6) is 0.748. The Kier molecular flexibility index (Phi) is 3.10. The maximum absolute atomic E-state index is 4.08. The first-order valence-electron chi connectivity index (χ1n) is 4.66. The Morgan fingerprint density at radius 2 is 2.69 bits per heavy atom. The molecular weight excluding hydrogens is 184 g/mol. The first-order chi connectivity index (χ1) is 6.45. The number of hydrogen-bond donors (Lipinski definition) is 2. The van der Waals surface area contributed by atoms with Gasteiger partial charge in [-0.3, -0.25) is 0 Å². The fraction of sp³-hybridized carbons (Fsp3) is 0.750. The molecule has 2 heterocycles. The molecule has 0 bridgehead atoms. The van der Waals surface area contributed by atoms with Crippen LogP contribution in [-0.4, -0.2) is 29.0 Å². The van der Waals surface area contributed by atoms with Crippen LogP contribution >= 0.6 is 11.5 Å². The van der Waals surface area contributed by atoms with Crippen LogP contribution in [0.15, 0.2) is 6.33 Å². The minimum atomic E-state index is 0.748. The van der Waals surface area contributed by atoms with Crippen molar-refractivity contribution in [3.05, 3.63) is 6.33 Å². The van der Waals surface area contributed by atoms with E-state index in [9.17, 15) is 0 Å². The van der Waals surface area contributed by atoms with E-state index in [0.29, 0.717) is 0 Å². The molecule has 1 aliphatic rings. The Morgan fingerprint density at radius 3 is 3.38 bits per heavy atom. The van der Waals surface area contributed by atoms with Gasteiger partial charge in [0.05, 0.1) is 0 Å². The predicted octanol–water partition coefficient (Wildman–Crippen LogP) is 0.950. The van der Waals surface area contributed by atoms with Gasteiger partial charge in [0.25, 0.3) is 0 Å².